The van der Waals surface area contributed by atoms with E-state index in [2.05, 4.69) is 10.2 Å². The average Bonchev–Trinajstić information content (AvgIpc) is 3.62. The molecule has 1 atom stereocenters. The molecule has 2 fully saturated rings. The van der Waals surface area contributed by atoms with Gasteiger partial charge in [0.1, 0.15) is 6.04 Å². The maximum absolute atomic E-state index is 14.0. The van der Waals surface area contributed by atoms with Gasteiger partial charge in [0, 0.05) is 57.3 Å². The number of halogens is 1. The Morgan fingerprint density at radius 1 is 0.867 bits per heavy atom. The molecule has 2 amide bonds. The molecule has 1 N–H and O–H groups in total. The van der Waals surface area contributed by atoms with Crippen molar-refractivity contribution in [2.45, 2.75) is 43.2 Å². The minimum atomic E-state index is -3.51. The van der Waals surface area contributed by atoms with E-state index in [1.165, 1.54) is 4.31 Å². The van der Waals surface area contributed by atoms with E-state index in [0.717, 1.165) is 42.6 Å². The van der Waals surface area contributed by atoms with Crippen LogP contribution in [-0.4, -0.2) is 86.8 Å². The highest BCUT2D eigenvalue weighted by Gasteiger charge is 2.32. The molecule has 0 unspecified atom stereocenters. The minimum absolute atomic E-state index is 0.149. The Balaban J connectivity index is 1.33. The second-order valence-electron chi connectivity index (χ2n) is 11.5. The van der Waals surface area contributed by atoms with Crippen molar-refractivity contribution in [3.8, 4) is 0 Å². The number of sulfonamides is 1. The molecule has 0 aromatic heterocycles. The summed E-state index contributed by atoms with van der Waals surface area (Å²) in [6, 6.07) is 22.6. The van der Waals surface area contributed by atoms with Crippen LogP contribution in [0.5, 0.6) is 0 Å². The van der Waals surface area contributed by atoms with Crippen molar-refractivity contribution < 1.29 is 22.7 Å². The maximum Gasteiger partial charge on any atom is 0.247 e. The van der Waals surface area contributed by atoms with Crippen LogP contribution in [0.1, 0.15) is 42.0 Å². The largest absolute Gasteiger partial charge is 0.379 e. The van der Waals surface area contributed by atoms with Gasteiger partial charge >= 0.3 is 0 Å². The van der Waals surface area contributed by atoms with Crippen molar-refractivity contribution >= 4 is 33.4 Å². The highest BCUT2D eigenvalue weighted by molar-refractivity contribution is 7.89. The Morgan fingerprint density at radius 2 is 1.51 bits per heavy atom. The number of morpholine rings is 1. The molecule has 3 aromatic carbocycles. The molecular weight excluding hydrogens is 612 g/mol. The van der Waals surface area contributed by atoms with Crippen LogP contribution in [0.15, 0.2) is 83.8 Å². The quantitative estimate of drug-likeness (QED) is 0.296. The summed E-state index contributed by atoms with van der Waals surface area (Å²) >= 11 is 6.14. The molecule has 5 rings (SSSR count). The average molecular weight is 653 g/mol. The second kappa shape index (κ2) is 15.8. The summed E-state index contributed by atoms with van der Waals surface area (Å²) in [5.41, 5.74) is 2.42. The summed E-state index contributed by atoms with van der Waals surface area (Å²) in [4.78, 5) is 32.0. The molecule has 0 bridgehead atoms. The Morgan fingerprint density at radius 3 is 2.18 bits per heavy atom. The highest BCUT2D eigenvalue weighted by atomic mass is 35.5. The third-order valence-corrected chi connectivity index (χ3v) is 10.5. The lowest BCUT2D eigenvalue weighted by molar-refractivity contribution is -0.141. The molecular formula is C34H41ClN4O5S. The predicted molar refractivity (Wildman–Crippen MR) is 174 cm³/mol. The first-order chi connectivity index (χ1) is 21.8. The fourth-order valence-corrected chi connectivity index (χ4v) is 7.42. The van der Waals surface area contributed by atoms with E-state index in [1.807, 2.05) is 42.5 Å². The van der Waals surface area contributed by atoms with Gasteiger partial charge in [0.15, 0.2) is 0 Å². The van der Waals surface area contributed by atoms with Gasteiger partial charge in [-0.15, -0.1) is 0 Å². The van der Waals surface area contributed by atoms with E-state index in [4.69, 9.17) is 16.3 Å². The van der Waals surface area contributed by atoms with E-state index >= 15 is 0 Å². The zero-order valence-electron chi connectivity index (χ0n) is 25.4. The van der Waals surface area contributed by atoms with Crippen LogP contribution in [0.4, 0.5) is 0 Å². The number of carbonyl (C=O) groups is 2. The fraction of sp³-hybridized carbons (Fsp3) is 0.412. The number of nitrogens with one attached hydrogen (secondary N) is 1. The summed E-state index contributed by atoms with van der Waals surface area (Å²) in [6.45, 7) is 5.48. The monoisotopic (exact) mass is 652 g/mol. The molecule has 2 aliphatic heterocycles. The van der Waals surface area contributed by atoms with Gasteiger partial charge in [0.2, 0.25) is 21.8 Å². The number of rotatable bonds is 13. The third kappa shape index (κ3) is 8.92. The van der Waals surface area contributed by atoms with Crippen molar-refractivity contribution in [3.05, 3.63) is 101 Å². The SMILES string of the molecule is O=C(NCCN1CCOCC1)[C@@H](c1ccccc1)N(Cc1ccc(Cl)cc1)C(=O)CCc1ccc(S(=O)(=O)N2CCCC2)cc1. The summed E-state index contributed by atoms with van der Waals surface area (Å²) in [5.74, 6) is -0.427. The normalized spacial score (nSPS) is 16.7. The van der Waals surface area contributed by atoms with Gasteiger partial charge in [0.05, 0.1) is 18.1 Å². The van der Waals surface area contributed by atoms with E-state index in [0.29, 0.717) is 50.8 Å². The highest BCUT2D eigenvalue weighted by Crippen LogP contribution is 2.26. The lowest BCUT2D eigenvalue weighted by atomic mass is 10.0. The standard InChI is InChI=1S/C34H41ClN4O5S/c35-30-13-8-28(9-14-30)26-39(32(40)17-12-27-10-15-31(16-11-27)45(42,43)38-19-4-5-20-38)33(29-6-2-1-3-7-29)34(41)36-18-21-37-22-24-44-25-23-37/h1-3,6-11,13-16,33H,4-5,12,17-26H2,(H,36,41)/t33-/m1/s1. The first kappa shape index (κ1) is 33.1. The molecule has 3 aromatic rings. The molecule has 0 saturated carbocycles. The maximum atomic E-state index is 14.0. The van der Waals surface area contributed by atoms with Gasteiger partial charge in [0.25, 0.3) is 0 Å². The van der Waals surface area contributed by atoms with Gasteiger partial charge in [-0.1, -0.05) is 66.2 Å². The van der Waals surface area contributed by atoms with Crippen molar-refractivity contribution in [1.82, 2.24) is 19.4 Å². The summed E-state index contributed by atoms with van der Waals surface area (Å²) in [6.07, 6.45) is 2.31. The van der Waals surface area contributed by atoms with Crippen LogP contribution in [0.25, 0.3) is 0 Å². The van der Waals surface area contributed by atoms with Gasteiger partial charge < -0.3 is 15.0 Å². The molecule has 240 valence electrons. The Labute approximate surface area is 271 Å². The molecule has 2 heterocycles. The predicted octanol–water partition coefficient (Wildman–Crippen LogP) is 4.28. The first-order valence-corrected chi connectivity index (χ1v) is 17.4. The van der Waals surface area contributed by atoms with E-state index < -0.39 is 16.1 Å². The Hall–Kier alpha value is -3.28. The zero-order valence-corrected chi connectivity index (χ0v) is 27.0. The van der Waals surface area contributed by atoms with E-state index in [9.17, 15) is 18.0 Å². The number of hydrogen-bond acceptors (Lipinski definition) is 6. The van der Waals surface area contributed by atoms with Crippen LogP contribution >= 0.6 is 11.6 Å². The Bertz CT molecular complexity index is 1510. The topological polar surface area (TPSA) is 99.3 Å². The number of benzene rings is 3. The Kier molecular flexibility index (Phi) is 11.6. The van der Waals surface area contributed by atoms with Crippen LogP contribution in [0.2, 0.25) is 5.02 Å². The van der Waals surface area contributed by atoms with Crippen LogP contribution in [0.3, 0.4) is 0 Å². The molecule has 45 heavy (non-hydrogen) atoms. The van der Waals surface area contributed by atoms with Crippen molar-refractivity contribution in [1.29, 1.82) is 0 Å². The first-order valence-electron chi connectivity index (χ1n) is 15.6. The minimum Gasteiger partial charge on any atom is -0.379 e. The van der Waals surface area contributed by atoms with Gasteiger partial charge in [-0.2, -0.15) is 4.31 Å². The summed E-state index contributed by atoms with van der Waals surface area (Å²) < 4.78 is 32.8. The van der Waals surface area contributed by atoms with Gasteiger partial charge in [-0.05, 0) is 60.2 Å². The smallest absolute Gasteiger partial charge is 0.247 e. The lowest BCUT2D eigenvalue weighted by Crippen LogP contribution is -2.46. The number of ether oxygens (including phenoxy) is 1. The van der Waals surface area contributed by atoms with Crippen LogP contribution in [-0.2, 0) is 37.3 Å². The van der Waals surface area contributed by atoms with Crippen molar-refractivity contribution in [2.24, 2.45) is 0 Å². The van der Waals surface area contributed by atoms with Crippen LogP contribution in [0, 0.1) is 0 Å². The summed E-state index contributed by atoms with van der Waals surface area (Å²) in [7, 11) is -3.51. The number of hydrogen-bond donors (Lipinski definition) is 1. The van der Waals surface area contributed by atoms with Gasteiger partial charge in [-0.25, -0.2) is 8.42 Å². The zero-order chi connectivity index (χ0) is 31.6. The lowest BCUT2D eigenvalue weighted by Gasteiger charge is -2.32. The number of nitrogens with zero attached hydrogens (tertiary/aromatic N) is 3. The van der Waals surface area contributed by atoms with E-state index in [1.54, 1.807) is 41.3 Å². The van der Waals surface area contributed by atoms with Crippen molar-refractivity contribution in [2.75, 3.05) is 52.5 Å². The molecule has 11 heteroatoms. The molecule has 0 radical (unpaired) electrons. The molecule has 2 aliphatic rings. The number of carbonyl (C=O) groups excluding carboxylic acids is 2. The molecule has 0 aliphatic carbocycles. The molecule has 2 saturated heterocycles. The van der Waals surface area contributed by atoms with E-state index in [-0.39, 0.29) is 29.7 Å². The summed E-state index contributed by atoms with van der Waals surface area (Å²) in [5, 5.41) is 3.67. The molecule has 0 spiro atoms. The fourth-order valence-electron chi connectivity index (χ4n) is 5.78. The van der Waals surface area contributed by atoms with Crippen molar-refractivity contribution in [3.63, 3.8) is 0 Å². The van der Waals surface area contributed by atoms with Crippen LogP contribution < -0.4 is 5.32 Å². The van der Waals surface area contributed by atoms with Gasteiger partial charge in [-0.3, -0.25) is 14.5 Å². The number of amides is 2. The third-order valence-electron chi connectivity index (χ3n) is 8.35. The number of aryl methyl sites for hydroxylation is 1. The second-order valence-corrected chi connectivity index (χ2v) is 13.8. The molecule has 9 nitrogen and oxygen atoms in total.